The fourth-order valence-electron chi connectivity index (χ4n) is 1.53. The van der Waals surface area contributed by atoms with Crippen molar-refractivity contribution in [3.63, 3.8) is 0 Å². The van der Waals surface area contributed by atoms with E-state index in [2.05, 4.69) is 42.2 Å². The SMILES string of the molecule is Cc1ccccc1.N=C=N.c1ccc2[nH]ccc2c1. The Morgan fingerprint density at radius 2 is 1.42 bits per heavy atom. The smallest absolute Gasteiger partial charge is 0.0831 e. The molecule has 0 saturated heterocycles. The van der Waals surface area contributed by atoms with Crippen LogP contribution in [0.3, 0.4) is 0 Å². The number of hydrogen-bond donors (Lipinski definition) is 3. The molecule has 0 aliphatic rings. The first-order chi connectivity index (χ1) is 9.27. The highest BCUT2D eigenvalue weighted by Gasteiger charge is 1.86. The lowest BCUT2D eigenvalue weighted by molar-refractivity contribution is 1.47. The van der Waals surface area contributed by atoms with Gasteiger partial charge in [-0.1, -0.05) is 54.1 Å². The summed E-state index contributed by atoms with van der Waals surface area (Å²) in [7, 11) is 0. The van der Waals surface area contributed by atoms with Gasteiger partial charge in [-0.15, -0.1) is 0 Å². The Kier molecular flexibility index (Phi) is 6.41. The first kappa shape index (κ1) is 14.4. The number of nitrogens with one attached hydrogen (secondary N) is 3. The molecular weight excluding hydrogens is 234 g/mol. The zero-order valence-corrected chi connectivity index (χ0v) is 10.9. The second-order valence-corrected chi connectivity index (χ2v) is 3.84. The second-order valence-electron chi connectivity index (χ2n) is 3.84. The van der Waals surface area contributed by atoms with Crippen LogP contribution in [0.2, 0.25) is 0 Å². The predicted octanol–water partition coefficient (Wildman–Crippen LogP) is 4.48. The normalized spacial score (nSPS) is 8.47. The molecule has 0 aliphatic heterocycles. The predicted molar refractivity (Wildman–Crippen MR) is 79.9 cm³/mol. The lowest BCUT2D eigenvalue weighted by atomic mass is 10.2. The summed E-state index contributed by atoms with van der Waals surface area (Å²) in [5.41, 5.74) is 2.53. The zero-order chi connectivity index (χ0) is 13.9. The van der Waals surface area contributed by atoms with Crippen LogP contribution < -0.4 is 0 Å². The van der Waals surface area contributed by atoms with Gasteiger partial charge >= 0.3 is 0 Å². The number of rotatable bonds is 0. The van der Waals surface area contributed by atoms with Crippen LogP contribution in [0.25, 0.3) is 10.9 Å². The first-order valence-electron chi connectivity index (χ1n) is 5.90. The maximum Gasteiger partial charge on any atom is 0.0831 e. The quantitative estimate of drug-likeness (QED) is 0.493. The van der Waals surface area contributed by atoms with Crippen LogP contribution in [0, 0.1) is 17.7 Å². The summed E-state index contributed by atoms with van der Waals surface area (Å²) in [5.74, 6) is 0. The highest BCUT2D eigenvalue weighted by Crippen LogP contribution is 2.09. The zero-order valence-electron chi connectivity index (χ0n) is 10.9. The molecule has 1 aromatic heterocycles. The molecule has 0 amide bonds. The van der Waals surface area contributed by atoms with E-state index in [4.69, 9.17) is 10.8 Å². The van der Waals surface area contributed by atoms with Crippen LogP contribution in [-0.4, -0.2) is 11.0 Å². The summed E-state index contributed by atoms with van der Waals surface area (Å²) in [5, 5.41) is 12.5. The molecule has 3 N–H and O–H groups in total. The van der Waals surface area contributed by atoms with Crippen LogP contribution in [-0.2, 0) is 0 Å². The van der Waals surface area contributed by atoms with Gasteiger partial charge in [0.2, 0.25) is 0 Å². The Labute approximate surface area is 112 Å². The van der Waals surface area contributed by atoms with E-state index in [9.17, 15) is 0 Å². The summed E-state index contributed by atoms with van der Waals surface area (Å²) in [6.07, 6.45) is 1.95. The van der Waals surface area contributed by atoms with Crippen molar-refractivity contribution in [1.29, 1.82) is 10.8 Å². The molecule has 2 aromatic carbocycles. The maximum atomic E-state index is 5.62. The highest BCUT2D eigenvalue weighted by atomic mass is 14.7. The van der Waals surface area contributed by atoms with Gasteiger partial charge in [-0.25, -0.2) is 10.8 Å². The van der Waals surface area contributed by atoms with Gasteiger partial charge in [0.05, 0.1) is 6.01 Å². The molecule has 19 heavy (non-hydrogen) atoms. The molecule has 0 radical (unpaired) electrons. The molecule has 3 aromatic rings. The number of aromatic nitrogens is 1. The monoisotopic (exact) mass is 251 g/mol. The van der Waals surface area contributed by atoms with E-state index in [-0.39, 0.29) is 0 Å². The number of aromatic amines is 1. The van der Waals surface area contributed by atoms with Crippen molar-refractivity contribution in [3.05, 3.63) is 72.4 Å². The van der Waals surface area contributed by atoms with Gasteiger partial charge in [-0.3, -0.25) is 0 Å². The van der Waals surface area contributed by atoms with E-state index < -0.39 is 0 Å². The van der Waals surface area contributed by atoms with Crippen molar-refractivity contribution in [2.24, 2.45) is 0 Å². The largest absolute Gasteiger partial charge is 0.361 e. The number of para-hydroxylation sites is 1. The Hall–Kier alpha value is -2.64. The summed E-state index contributed by atoms with van der Waals surface area (Å²) in [6, 6.07) is 21.8. The molecule has 0 unspecified atom stereocenters. The minimum absolute atomic E-state index is 1.21. The molecule has 0 aliphatic carbocycles. The highest BCUT2D eigenvalue weighted by molar-refractivity contribution is 5.78. The maximum absolute atomic E-state index is 5.62. The molecule has 3 rings (SSSR count). The first-order valence-corrected chi connectivity index (χ1v) is 5.90. The number of H-pyrrole nitrogens is 1. The minimum Gasteiger partial charge on any atom is -0.361 e. The molecule has 0 fully saturated rings. The fraction of sp³-hybridized carbons (Fsp3) is 0.0625. The average Bonchev–Trinajstić information content (AvgIpc) is 2.89. The van der Waals surface area contributed by atoms with Gasteiger partial charge in [0.25, 0.3) is 0 Å². The second kappa shape index (κ2) is 8.45. The summed E-state index contributed by atoms with van der Waals surface area (Å²) in [4.78, 5) is 3.12. The van der Waals surface area contributed by atoms with Crippen LogP contribution in [0.5, 0.6) is 0 Å². The van der Waals surface area contributed by atoms with Gasteiger partial charge in [0.15, 0.2) is 0 Å². The van der Waals surface area contributed by atoms with Gasteiger partial charge in [0.1, 0.15) is 0 Å². The molecule has 0 spiro atoms. The third-order valence-corrected chi connectivity index (χ3v) is 2.40. The molecule has 96 valence electrons. The topological polar surface area (TPSA) is 63.5 Å². The van der Waals surface area contributed by atoms with Crippen molar-refractivity contribution in [2.45, 2.75) is 6.92 Å². The third kappa shape index (κ3) is 5.48. The average molecular weight is 251 g/mol. The lowest BCUT2D eigenvalue weighted by Gasteiger charge is -1.83. The van der Waals surface area contributed by atoms with Crippen molar-refractivity contribution in [2.75, 3.05) is 0 Å². The van der Waals surface area contributed by atoms with Gasteiger partial charge < -0.3 is 4.98 Å². The molecule has 3 heteroatoms. The Bertz CT molecular complexity index is 590. The number of aryl methyl sites for hydroxylation is 1. The van der Waals surface area contributed by atoms with Crippen LogP contribution in [0.4, 0.5) is 0 Å². The molecule has 0 atom stereocenters. The molecule has 0 saturated carbocycles. The third-order valence-electron chi connectivity index (χ3n) is 2.40. The van der Waals surface area contributed by atoms with Crippen LogP contribution in [0.1, 0.15) is 5.56 Å². The molecule has 0 bridgehead atoms. The minimum atomic E-state index is 1.21. The number of benzene rings is 2. The molecular formula is C16H17N3. The van der Waals surface area contributed by atoms with Gasteiger partial charge in [-0.05, 0) is 24.4 Å². The summed E-state index contributed by atoms with van der Waals surface area (Å²) < 4.78 is 0. The van der Waals surface area contributed by atoms with Crippen molar-refractivity contribution in [1.82, 2.24) is 4.98 Å². The van der Waals surface area contributed by atoms with E-state index in [1.54, 1.807) is 0 Å². The summed E-state index contributed by atoms with van der Waals surface area (Å²) in [6.45, 7) is 2.08. The molecule has 1 heterocycles. The van der Waals surface area contributed by atoms with Crippen molar-refractivity contribution >= 4 is 16.9 Å². The van der Waals surface area contributed by atoms with E-state index in [1.165, 1.54) is 22.5 Å². The molecule has 3 nitrogen and oxygen atoms in total. The number of hydrogen-bond acceptors (Lipinski definition) is 2. The fourth-order valence-corrected chi connectivity index (χ4v) is 1.53. The van der Waals surface area contributed by atoms with Gasteiger partial charge in [0, 0.05) is 11.7 Å². The van der Waals surface area contributed by atoms with Crippen LogP contribution >= 0.6 is 0 Å². The van der Waals surface area contributed by atoms with E-state index in [0.29, 0.717) is 0 Å². The van der Waals surface area contributed by atoms with E-state index in [1.807, 2.05) is 36.5 Å². The van der Waals surface area contributed by atoms with Gasteiger partial charge in [-0.2, -0.15) is 0 Å². The van der Waals surface area contributed by atoms with E-state index in [0.717, 1.165) is 0 Å². The summed E-state index contributed by atoms with van der Waals surface area (Å²) >= 11 is 0. The van der Waals surface area contributed by atoms with E-state index >= 15 is 0 Å². The standard InChI is InChI=1S/C8H7N.C7H8.CH2N2/c1-2-4-8-7(3-1)5-6-9-8;1-7-5-3-2-4-6-7;2-1-3/h1-6,9H;2-6H,1H3;2-3H. The number of fused-ring (bicyclic) bond motifs is 1. The lowest BCUT2D eigenvalue weighted by Crippen LogP contribution is -1.62. The Balaban J connectivity index is 0.000000162. The van der Waals surface area contributed by atoms with Crippen LogP contribution in [0.15, 0.2) is 66.9 Å². The Morgan fingerprint density at radius 1 is 0.842 bits per heavy atom. The van der Waals surface area contributed by atoms with Crippen molar-refractivity contribution in [3.8, 4) is 0 Å². The van der Waals surface area contributed by atoms with Crippen molar-refractivity contribution < 1.29 is 0 Å². The Morgan fingerprint density at radius 3 is 1.95 bits per heavy atom.